The van der Waals surface area contributed by atoms with E-state index < -0.39 is 22.7 Å². The highest BCUT2D eigenvalue weighted by Gasteiger charge is 2.85. The molecule has 1 fully saturated rings. The van der Waals surface area contributed by atoms with Gasteiger partial charge in [0.1, 0.15) is 5.41 Å². The molecule has 0 bridgehead atoms. The maximum absolute atomic E-state index is 12.7. The van der Waals surface area contributed by atoms with Crippen molar-refractivity contribution in [2.75, 3.05) is 6.61 Å². The Morgan fingerprint density at radius 1 is 1.28 bits per heavy atom. The van der Waals surface area contributed by atoms with Crippen molar-refractivity contribution in [1.29, 1.82) is 10.5 Å². The maximum Gasteiger partial charge on any atom is 0.329 e. The lowest BCUT2D eigenvalue weighted by molar-refractivity contribution is -0.148. The van der Waals surface area contributed by atoms with Crippen molar-refractivity contribution in [2.24, 2.45) is 5.41 Å². The minimum Gasteiger partial charge on any atom is -0.465 e. The van der Waals surface area contributed by atoms with Gasteiger partial charge in [-0.05, 0) is 36.2 Å². The first kappa shape index (κ1) is 17.0. The molecule has 3 atom stereocenters. The zero-order valence-electron chi connectivity index (χ0n) is 13.4. The fourth-order valence-corrected chi connectivity index (χ4v) is 3.69. The van der Waals surface area contributed by atoms with E-state index in [1.165, 1.54) is 0 Å². The topological polar surface area (TPSA) is 86.8 Å². The Labute approximate surface area is 150 Å². The third-order valence-corrected chi connectivity index (χ3v) is 4.92. The highest BCUT2D eigenvalue weighted by molar-refractivity contribution is 6.30. The van der Waals surface area contributed by atoms with E-state index in [1.54, 1.807) is 55.7 Å². The van der Waals surface area contributed by atoms with E-state index in [0.717, 1.165) is 0 Å². The SMILES string of the molecule is CCOC(=O)[C@@]1(C#N)[C@H](c2cccnc2)[C@]1(C#N)c1ccc(Cl)cc1. The third kappa shape index (κ3) is 2.21. The molecule has 0 saturated heterocycles. The van der Waals surface area contributed by atoms with Crippen LogP contribution in [0, 0.1) is 28.1 Å². The first-order valence-corrected chi connectivity index (χ1v) is 8.12. The van der Waals surface area contributed by atoms with Crippen LogP contribution in [0.2, 0.25) is 5.02 Å². The van der Waals surface area contributed by atoms with Gasteiger partial charge in [0.2, 0.25) is 0 Å². The van der Waals surface area contributed by atoms with Gasteiger partial charge in [-0.25, -0.2) is 0 Å². The largest absolute Gasteiger partial charge is 0.465 e. The highest BCUT2D eigenvalue weighted by atomic mass is 35.5. The molecule has 1 aliphatic rings. The molecule has 3 rings (SSSR count). The molecule has 0 unspecified atom stereocenters. The summed E-state index contributed by atoms with van der Waals surface area (Å²) in [6, 6.07) is 14.4. The molecule has 5 nitrogen and oxygen atoms in total. The van der Waals surface area contributed by atoms with Crippen LogP contribution < -0.4 is 0 Å². The molecule has 1 heterocycles. The van der Waals surface area contributed by atoms with E-state index in [1.807, 2.05) is 0 Å². The van der Waals surface area contributed by atoms with Crippen molar-refractivity contribution in [3.8, 4) is 12.1 Å². The van der Waals surface area contributed by atoms with Gasteiger partial charge in [0, 0.05) is 23.3 Å². The number of benzene rings is 1. The number of pyridine rings is 1. The number of nitrogens with zero attached hydrogens (tertiary/aromatic N) is 3. The predicted molar refractivity (Wildman–Crippen MR) is 90.4 cm³/mol. The second-order valence-electron chi connectivity index (χ2n) is 5.79. The van der Waals surface area contributed by atoms with Crippen LogP contribution in [0.25, 0.3) is 0 Å². The molecule has 1 aromatic heterocycles. The minimum absolute atomic E-state index is 0.129. The molecule has 0 radical (unpaired) electrons. The van der Waals surface area contributed by atoms with Gasteiger partial charge in [-0.2, -0.15) is 10.5 Å². The first-order valence-electron chi connectivity index (χ1n) is 7.74. The lowest BCUT2D eigenvalue weighted by Crippen LogP contribution is -2.26. The van der Waals surface area contributed by atoms with E-state index in [0.29, 0.717) is 16.1 Å². The van der Waals surface area contributed by atoms with Crippen LogP contribution in [-0.4, -0.2) is 17.6 Å². The Hall–Kier alpha value is -2.89. The van der Waals surface area contributed by atoms with Crippen molar-refractivity contribution in [3.63, 3.8) is 0 Å². The Morgan fingerprint density at radius 2 is 2.00 bits per heavy atom. The lowest BCUT2D eigenvalue weighted by Gasteiger charge is -2.13. The predicted octanol–water partition coefficient (Wildman–Crippen LogP) is 3.37. The Bertz CT molecular complexity index is 886. The number of ether oxygens (including phenoxy) is 1. The van der Waals surface area contributed by atoms with Crippen LogP contribution in [0.15, 0.2) is 48.8 Å². The quantitative estimate of drug-likeness (QED) is 0.788. The summed E-state index contributed by atoms with van der Waals surface area (Å²) in [6.07, 6.45) is 3.17. The van der Waals surface area contributed by atoms with Crippen molar-refractivity contribution in [3.05, 3.63) is 64.9 Å². The zero-order chi connectivity index (χ0) is 18.1. The summed E-state index contributed by atoms with van der Waals surface area (Å²) < 4.78 is 5.16. The average Bonchev–Trinajstić information content (AvgIpc) is 3.28. The molecule has 0 amide bonds. The number of hydrogen-bond donors (Lipinski definition) is 0. The summed E-state index contributed by atoms with van der Waals surface area (Å²) in [7, 11) is 0. The third-order valence-electron chi connectivity index (χ3n) is 4.67. The summed E-state index contributed by atoms with van der Waals surface area (Å²) in [6.45, 7) is 1.80. The van der Waals surface area contributed by atoms with Crippen LogP contribution in [-0.2, 0) is 14.9 Å². The number of carbonyl (C=O) groups excluding carboxylic acids is 1. The van der Waals surface area contributed by atoms with Crippen LogP contribution in [0.5, 0.6) is 0 Å². The van der Waals surface area contributed by atoms with Crippen molar-refractivity contribution in [1.82, 2.24) is 4.98 Å². The van der Waals surface area contributed by atoms with Gasteiger partial charge in [-0.3, -0.25) is 9.78 Å². The molecule has 0 spiro atoms. The molecule has 0 aliphatic heterocycles. The molecule has 1 saturated carbocycles. The number of aromatic nitrogens is 1. The summed E-state index contributed by atoms with van der Waals surface area (Å²) in [4.78, 5) is 16.8. The van der Waals surface area contributed by atoms with Gasteiger partial charge in [0.15, 0.2) is 5.41 Å². The maximum atomic E-state index is 12.7. The average molecular weight is 352 g/mol. The summed E-state index contributed by atoms with van der Waals surface area (Å²) in [5.74, 6) is -1.35. The van der Waals surface area contributed by atoms with Gasteiger partial charge in [-0.1, -0.05) is 29.8 Å². The summed E-state index contributed by atoms with van der Waals surface area (Å²) in [5, 5.41) is 20.5. The first-order chi connectivity index (χ1) is 12.1. The molecular formula is C19H14ClN3O2. The lowest BCUT2D eigenvalue weighted by atomic mass is 9.87. The van der Waals surface area contributed by atoms with E-state index in [9.17, 15) is 15.3 Å². The van der Waals surface area contributed by atoms with Crippen LogP contribution in [0.4, 0.5) is 0 Å². The molecule has 6 heteroatoms. The minimum atomic E-state index is -1.62. The highest BCUT2D eigenvalue weighted by Crippen LogP contribution is 2.74. The van der Waals surface area contributed by atoms with Crippen LogP contribution in [0.1, 0.15) is 24.0 Å². The van der Waals surface area contributed by atoms with Crippen molar-refractivity contribution in [2.45, 2.75) is 18.3 Å². The van der Waals surface area contributed by atoms with Gasteiger partial charge in [0.25, 0.3) is 0 Å². The Morgan fingerprint density at radius 3 is 2.52 bits per heavy atom. The van der Waals surface area contributed by atoms with Gasteiger partial charge >= 0.3 is 5.97 Å². The van der Waals surface area contributed by atoms with E-state index in [-0.39, 0.29) is 6.61 Å². The van der Waals surface area contributed by atoms with Crippen LogP contribution in [0.3, 0.4) is 0 Å². The number of hydrogen-bond acceptors (Lipinski definition) is 5. The van der Waals surface area contributed by atoms with Crippen molar-refractivity contribution >= 4 is 17.6 Å². The fourth-order valence-electron chi connectivity index (χ4n) is 3.57. The van der Waals surface area contributed by atoms with E-state index in [2.05, 4.69) is 17.1 Å². The number of rotatable bonds is 4. The standard InChI is InChI=1S/C19H14ClN3O2/c1-2-25-17(24)19(12-22)16(13-4-3-9-23-10-13)18(19,11-21)14-5-7-15(20)8-6-14/h3-10,16H,2H2,1H3/t16-,18+,19-/m1/s1. The molecule has 1 aliphatic carbocycles. The molecular weight excluding hydrogens is 338 g/mol. The monoisotopic (exact) mass is 351 g/mol. The Balaban J connectivity index is 2.23. The normalized spacial score (nSPS) is 27.0. The van der Waals surface area contributed by atoms with E-state index in [4.69, 9.17) is 16.3 Å². The van der Waals surface area contributed by atoms with Crippen molar-refractivity contribution < 1.29 is 9.53 Å². The fraction of sp³-hybridized carbons (Fsp3) is 0.263. The number of nitriles is 2. The Kier molecular flexibility index (Phi) is 4.20. The summed E-state index contributed by atoms with van der Waals surface area (Å²) in [5.41, 5.74) is -1.76. The molecule has 2 aromatic rings. The number of halogens is 1. The molecule has 1 aromatic carbocycles. The molecule has 124 valence electrons. The zero-order valence-corrected chi connectivity index (χ0v) is 14.2. The second kappa shape index (κ2) is 6.20. The van der Waals surface area contributed by atoms with Gasteiger partial charge in [0.05, 0.1) is 18.7 Å². The smallest absolute Gasteiger partial charge is 0.329 e. The number of esters is 1. The summed E-state index contributed by atoms with van der Waals surface area (Å²) >= 11 is 5.95. The molecule has 0 N–H and O–H groups in total. The second-order valence-corrected chi connectivity index (χ2v) is 6.22. The van der Waals surface area contributed by atoms with Gasteiger partial charge < -0.3 is 4.74 Å². The number of carbonyl (C=O) groups is 1. The molecule has 25 heavy (non-hydrogen) atoms. The van der Waals surface area contributed by atoms with Crippen LogP contribution >= 0.6 is 11.6 Å². The van der Waals surface area contributed by atoms with Gasteiger partial charge in [-0.15, -0.1) is 0 Å². The van der Waals surface area contributed by atoms with E-state index >= 15 is 0 Å².